The molecule has 63 heavy (non-hydrogen) atoms. The first-order chi connectivity index (χ1) is 31.0. The van der Waals surface area contributed by atoms with E-state index in [4.69, 9.17) is 14.2 Å². The van der Waals surface area contributed by atoms with Crippen LogP contribution in [0, 0.1) is 0 Å². The highest BCUT2D eigenvalue weighted by molar-refractivity contribution is 5.71. The lowest BCUT2D eigenvalue weighted by atomic mass is 10.0. The van der Waals surface area contributed by atoms with Crippen LogP contribution in [0.2, 0.25) is 0 Å². The molecule has 0 N–H and O–H groups in total. The average molecular weight is 877 g/mol. The molecular weight excluding hydrogens is 781 g/mol. The lowest BCUT2D eigenvalue weighted by Crippen LogP contribution is -2.30. The first kappa shape index (κ1) is 59.6. The third kappa shape index (κ3) is 49.5. The standard InChI is InChI=1S/C57H96O6/c1-4-7-10-13-16-19-22-25-27-28-30-32-35-38-41-44-47-50-56(59)62-53-54(52-61-55(58)49-46-43-40-37-34-31-24-21-18-15-12-9-6-3)63-57(60)51-48-45-42-39-36-33-29-26-23-20-17-14-11-8-5-2/h8-9,11-12,17-18,20-21,26,29,31,34,36,39,54H,4-7,10,13-16,19,22-25,27-28,30,32-33,35,37-38,40-53H2,1-3H3/b11-8-,12-9-,20-17-,21-18-,29-26-,34-31-,39-36-. The molecule has 0 aliphatic rings. The van der Waals surface area contributed by atoms with Gasteiger partial charge in [-0.2, -0.15) is 0 Å². The predicted molar refractivity (Wildman–Crippen MR) is 270 cm³/mol. The normalized spacial score (nSPS) is 12.7. The van der Waals surface area contributed by atoms with Gasteiger partial charge in [0.1, 0.15) is 13.2 Å². The molecule has 0 spiro atoms. The van der Waals surface area contributed by atoms with E-state index >= 15 is 0 Å². The molecule has 0 rings (SSSR count). The van der Waals surface area contributed by atoms with E-state index in [9.17, 15) is 14.4 Å². The Morgan fingerprint density at radius 2 is 0.619 bits per heavy atom. The molecule has 0 aliphatic carbocycles. The van der Waals surface area contributed by atoms with Crippen LogP contribution in [0.4, 0.5) is 0 Å². The van der Waals surface area contributed by atoms with Gasteiger partial charge in [-0.05, 0) is 89.9 Å². The van der Waals surface area contributed by atoms with Gasteiger partial charge in [-0.3, -0.25) is 14.4 Å². The van der Waals surface area contributed by atoms with Crippen LogP contribution in [0.3, 0.4) is 0 Å². The quantitative estimate of drug-likeness (QED) is 0.0262. The Morgan fingerprint density at radius 3 is 1.00 bits per heavy atom. The maximum absolute atomic E-state index is 12.8. The minimum absolute atomic E-state index is 0.101. The summed E-state index contributed by atoms with van der Waals surface area (Å²) in [7, 11) is 0. The third-order valence-corrected chi connectivity index (χ3v) is 10.9. The SMILES string of the molecule is CC/C=C\C/C=C\C/C=C\C/C=C\CCCCC(=O)OC(COC(=O)CCCCC/C=C\C/C=C\C/C=C\CC)COC(=O)CCCCCCCCCCCCCCCCCCC. The Labute approximate surface area is 388 Å². The van der Waals surface area contributed by atoms with Crippen molar-refractivity contribution in [1.29, 1.82) is 0 Å². The van der Waals surface area contributed by atoms with Crippen molar-refractivity contribution >= 4 is 17.9 Å². The number of carbonyl (C=O) groups is 3. The maximum Gasteiger partial charge on any atom is 0.306 e. The van der Waals surface area contributed by atoms with E-state index in [2.05, 4.69) is 106 Å². The molecule has 0 radical (unpaired) electrons. The molecule has 0 saturated carbocycles. The second kappa shape index (κ2) is 51.2. The molecule has 0 aromatic heterocycles. The first-order valence-corrected chi connectivity index (χ1v) is 26.1. The van der Waals surface area contributed by atoms with Gasteiger partial charge in [0.25, 0.3) is 0 Å². The first-order valence-electron chi connectivity index (χ1n) is 26.1. The van der Waals surface area contributed by atoms with Gasteiger partial charge in [-0.1, -0.05) is 215 Å². The minimum atomic E-state index is -0.808. The summed E-state index contributed by atoms with van der Waals surface area (Å²) in [6.45, 7) is 6.35. The van der Waals surface area contributed by atoms with E-state index in [1.807, 2.05) is 0 Å². The van der Waals surface area contributed by atoms with Gasteiger partial charge in [0.2, 0.25) is 0 Å². The summed E-state index contributed by atoms with van der Waals surface area (Å²) < 4.78 is 16.7. The summed E-state index contributed by atoms with van der Waals surface area (Å²) in [6, 6.07) is 0. The number of hydrogen-bond donors (Lipinski definition) is 0. The molecule has 0 heterocycles. The van der Waals surface area contributed by atoms with E-state index in [-0.39, 0.29) is 37.5 Å². The lowest BCUT2D eigenvalue weighted by Gasteiger charge is -2.18. The summed E-state index contributed by atoms with van der Waals surface area (Å²) in [5, 5.41) is 0. The molecular formula is C57H96O6. The van der Waals surface area contributed by atoms with Crippen LogP contribution in [0.25, 0.3) is 0 Å². The molecule has 0 fully saturated rings. The zero-order chi connectivity index (χ0) is 45.8. The average Bonchev–Trinajstić information content (AvgIpc) is 3.28. The largest absolute Gasteiger partial charge is 0.462 e. The molecule has 0 saturated heterocycles. The van der Waals surface area contributed by atoms with Gasteiger partial charge < -0.3 is 14.2 Å². The van der Waals surface area contributed by atoms with Gasteiger partial charge in [0.15, 0.2) is 6.10 Å². The zero-order valence-electron chi connectivity index (χ0n) is 41.1. The molecule has 0 amide bonds. The monoisotopic (exact) mass is 877 g/mol. The summed E-state index contributed by atoms with van der Waals surface area (Å²) in [5.74, 6) is -0.973. The lowest BCUT2D eigenvalue weighted by molar-refractivity contribution is -0.167. The van der Waals surface area contributed by atoms with E-state index in [1.54, 1.807) is 0 Å². The number of hydrogen-bond acceptors (Lipinski definition) is 6. The fourth-order valence-corrected chi connectivity index (χ4v) is 7.04. The van der Waals surface area contributed by atoms with Crippen LogP contribution < -0.4 is 0 Å². The van der Waals surface area contributed by atoms with Crippen molar-refractivity contribution in [2.45, 2.75) is 245 Å². The van der Waals surface area contributed by atoms with Crippen molar-refractivity contribution in [3.8, 4) is 0 Å². The Kier molecular flexibility index (Phi) is 48.5. The number of rotatable bonds is 46. The van der Waals surface area contributed by atoms with E-state index in [0.29, 0.717) is 19.3 Å². The molecule has 0 bridgehead atoms. The van der Waals surface area contributed by atoms with Crippen LogP contribution in [0.1, 0.15) is 239 Å². The number of carbonyl (C=O) groups excluding carboxylic acids is 3. The van der Waals surface area contributed by atoms with Gasteiger partial charge in [0, 0.05) is 19.3 Å². The third-order valence-electron chi connectivity index (χ3n) is 10.9. The van der Waals surface area contributed by atoms with Crippen LogP contribution in [-0.4, -0.2) is 37.2 Å². The van der Waals surface area contributed by atoms with Crippen molar-refractivity contribution in [2.24, 2.45) is 0 Å². The number of unbranched alkanes of at least 4 members (excludes halogenated alkanes) is 21. The Balaban J connectivity index is 4.46. The van der Waals surface area contributed by atoms with Gasteiger partial charge in [0.05, 0.1) is 0 Å². The fourth-order valence-electron chi connectivity index (χ4n) is 7.04. The van der Waals surface area contributed by atoms with Crippen molar-refractivity contribution in [3.05, 3.63) is 85.1 Å². The number of ether oxygens (including phenoxy) is 3. The van der Waals surface area contributed by atoms with Crippen LogP contribution in [0.15, 0.2) is 85.1 Å². The predicted octanol–water partition coefficient (Wildman–Crippen LogP) is 17.2. The van der Waals surface area contributed by atoms with E-state index in [0.717, 1.165) is 103 Å². The van der Waals surface area contributed by atoms with E-state index in [1.165, 1.54) is 89.9 Å². The molecule has 6 heteroatoms. The molecule has 0 aromatic rings. The van der Waals surface area contributed by atoms with Crippen molar-refractivity contribution in [1.82, 2.24) is 0 Å². The van der Waals surface area contributed by atoms with Crippen molar-refractivity contribution < 1.29 is 28.6 Å². The topological polar surface area (TPSA) is 78.9 Å². The van der Waals surface area contributed by atoms with Crippen molar-refractivity contribution in [2.75, 3.05) is 13.2 Å². The van der Waals surface area contributed by atoms with Crippen LogP contribution >= 0.6 is 0 Å². The Morgan fingerprint density at radius 1 is 0.333 bits per heavy atom. The smallest absolute Gasteiger partial charge is 0.306 e. The Hall–Kier alpha value is -3.41. The summed E-state index contributed by atoms with van der Waals surface area (Å²) in [4.78, 5) is 38.0. The van der Waals surface area contributed by atoms with E-state index < -0.39 is 6.10 Å². The molecule has 360 valence electrons. The summed E-state index contributed by atoms with van der Waals surface area (Å²) >= 11 is 0. The molecule has 6 nitrogen and oxygen atoms in total. The zero-order valence-corrected chi connectivity index (χ0v) is 41.1. The van der Waals surface area contributed by atoms with Gasteiger partial charge in [-0.25, -0.2) is 0 Å². The maximum atomic E-state index is 12.8. The molecule has 1 unspecified atom stereocenters. The summed E-state index contributed by atoms with van der Waals surface area (Å²) in [6.07, 6.45) is 65.7. The van der Waals surface area contributed by atoms with Crippen LogP contribution in [-0.2, 0) is 28.6 Å². The molecule has 1 atom stereocenters. The number of esters is 3. The minimum Gasteiger partial charge on any atom is -0.462 e. The molecule has 0 aromatic carbocycles. The van der Waals surface area contributed by atoms with Gasteiger partial charge in [-0.15, -0.1) is 0 Å². The molecule has 0 aliphatic heterocycles. The second-order valence-corrected chi connectivity index (χ2v) is 17.0. The highest BCUT2D eigenvalue weighted by Crippen LogP contribution is 2.15. The fraction of sp³-hybridized carbons (Fsp3) is 0.702. The second-order valence-electron chi connectivity index (χ2n) is 17.0. The van der Waals surface area contributed by atoms with Gasteiger partial charge >= 0.3 is 17.9 Å². The summed E-state index contributed by atoms with van der Waals surface area (Å²) in [5.41, 5.74) is 0. The van der Waals surface area contributed by atoms with Crippen molar-refractivity contribution in [3.63, 3.8) is 0 Å². The van der Waals surface area contributed by atoms with Crippen LogP contribution in [0.5, 0.6) is 0 Å². The number of allylic oxidation sites excluding steroid dienone is 14. The highest BCUT2D eigenvalue weighted by Gasteiger charge is 2.19. The Bertz CT molecular complexity index is 1240. The highest BCUT2D eigenvalue weighted by atomic mass is 16.6.